The molecule has 0 radical (unpaired) electrons. The average Bonchev–Trinajstić information content (AvgIpc) is 3.74. The van der Waals surface area contributed by atoms with Gasteiger partial charge in [0.05, 0.1) is 44.6 Å². The molecule has 6 rings (SSSR count). The van der Waals surface area contributed by atoms with E-state index < -0.39 is 0 Å². The molecule has 0 saturated heterocycles. The Labute approximate surface area is 288 Å². The fraction of sp³-hybridized carbons (Fsp3) is 0.410. The number of anilines is 1. The fourth-order valence-electron chi connectivity index (χ4n) is 6.43. The second-order valence-electron chi connectivity index (χ2n) is 15.6. The molecule has 5 heterocycles. The van der Waals surface area contributed by atoms with Gasteiger partial charge in [-0.3, -0.25) is 5.01 Å². The minimum atomic E-state index is -0.174. The number of pyridine rings is 1. The lowest BCUT2D eigenvalue weighted by molar-refractivity contribution is 0.333. The summed E-state index contributed by atoms with van der Waals surface area (Å²) in [4.78, 5) is 16.2. The van der Waals surface area contributed by atoms with Crippen molar-refractivity contribution in [2.24, 2.45) is 5.41 Å². The highest BCUT2D eigenvalue weighted by Crippen LogP contribution is 2.45. The first kappa shape index (κ1) is 33.5. The Balaban J connectivity index is 1.43. The molecule has 0 spiro atoms. The number of thiazole rings is 1. The minimum absolute atomic E-state index is 0.0441. The van der Waals surface area contributed by atoms with Crippen LogP contribution in [0.25, 0.3) is 21.7 Å². The van der Waals surface area contributed by atoms with Crippen LogP contribution in [0, 0.1) is 23.7 Å². The number of hydrazine groups is 1. The lowest BCUT2D eigenvalue weighted by atomic mass is 9.80. The number of rotatable bonds is 7. The molecule has 1 atom stereocenters. The van der Waals surface area contributed by atoms with Gasteiger partial charge in [0, 0.05) is 29.3 Å². The Morgan fingerprint density at radius 1 is 0.938 bits per heavy atom. The maximum atomic E-state index is 9.36. The van der Waals surface area contributed by atoms with Crippen molar-refractivity contribution in [1.82, 2.24) is 30.0 Å². The fourth-order valence-corrected chi connectivity index (χ4v) is 7.44. The molecule has 248 valence electrons. The van der Waals surface area contributed by atoms with Crippen LogP contribution in [-0.4, -0.2) is 30.6 Å². The molecule has 4 aromatic heterocycles. The van der Waals surface area contributed by atoms with E-state index in [0.29, 0.717) is 5.56 Å². The molecule has 0 fully saturated rings. The van der Waals surface area contributed by atoms with Crippen LogP contribution in [0.15, 0.2) is 66.6 Å². The molecule has 48 heavy (non-hydrogen) atoms. The summed E-state index contributed by atoms with van der Waals surface area (Å²) >= 11 is 1.72. The molecular weight excluding hydrogens is 613 g/mol. The summed E-state index contributed by atoms with van der Waals surface area (Å²) in [5.41, 5.74) is 11.9. The smallest absolute Gasteiger partial charge is 0.168 e. The van der Waals surface area contributed by atoms with Crippen LogP contribution in [0.4, 0.5) is 5.82 Å². The molecule has 0 saturated carbocycles. The minimum Gasteiger partial charge on any atom is -0.262 e. The number of aryl methyl sites for hydroxylation is 2. The van der Waals surface area contributed by atoms with E-state index in [-0.39, 0.29) is 22.3 Å². The number of nitrogens with zero attached hydrogens (tertiary/aromatic N) is 7. The summed E-state index contributed by atoms with van der Waals surface area (Å²) in [6.45, 7) is 22.1. The summed E-state index contributed by atoms with van der Waals surface area (Å²) in [6.07, 6.45) is 5.39. The second-order valence-corrected chi connectivity index (χ2v) is 16.7. The summed E-state index contributed by atoms with van der Waals surface area (Å²) < 4.78 is 1.81. The summed E-state index contributed by atoms with van der Waals surface area (Å²) in [7, 11) is 0. The zero-order valence-electron chi connectivity index (χ0n) is 29.8. The molecule has 1 aromatic carbocycles. The quantitative estimate of drug-likeness (QED) is 0.187. The first-order valence-electron chi connectivity index (χ1n) is 16.6. The van der Waals surface area contributed by atoms with Gasteiger partial charge in [-0.25, -0.2) is 24.9 Å². The van der Waals surface area contributed by atoms with Gasteiger partial charge in [0.2, 0.25) is 0 Å². The highest BCUT2D eigenvalue weighted by Gasteiger charge is 2.40. The average molecular weight is 659 g/mol. The summed E-state index contributed by atoms with van der Waals surface area (Å²) in [6, 6.07) is 19.0. The molecule has 1 unspecified atom stereocenters. The number of nitrogens with one attached hydrogen (secondary N) is 1. The van der Waals surface area contributed by atoms with Crippen molar-refractivity contribution in [3.8, 4) is 16.6 Å². The van der Waals surface area contributed by atoms with Crippen LogP contribution in [0.3, 0.4) is 0 Å². The van der Waals surface area contributed by atoms with Crippen LogP contribution in [-0.2, 0) is 17.3 Å². The Morgan fingerprint density at radius 2 is 1.67 bits per heavy atom. The monoisotopic (exact) mass is 658 g/mol. The lowest BCUT2D eigenvalue weighted by Crippen LogP contribution is -2.44. The molecule has 9 heteroatoms. The van der Waals surface area contributed by atoms with E-state index in [1.165, 1.54) is 11.1 Å². The number of nitriles is 1. The highest BCUT2D eigenvalue weighted by atomic mass is 32.1. The van der Waals surface area contributed by atoms with E-state index in [0.717, 1.165) is 62.5 Å². The van der Waals surface area contributed by atoms with Crippen LogP contribution in [0.1, 0.15) is 102 Å². The van der Waals surface area contributed by atoms with E-state index in [1.807, 2.05) is 29.8 Å². The molecule has 5 aromatic rings. The molecule has 1 N–H and O–H groups in total. The Morgan fingerprint density at radius 3 is 2.33 bits per heavy atom. The Kier molecular flexibility index (Phi) is 8.55. The lowest BCUT2D eigenvalue weighted by Gasteiger charge is -2.31. The van der Waals surface area contributed by atoms with Gasteiger partial charge in [-0.05, 0) is 60.4 Å². The third kappa shape index (κ3) is 6.39. The van der Waals surface area contributed by atoms with E-state index in [2.05, 4.69) is 120 Å². The normalized spacial score (nSPS) is 15.9. The van der Waals surface area contributed by atoms with Crippen LogP contribution in [0.5, 0.6) is 0 Å². The third-order valence-electron chi connectivity index (χ3n) is 9.27. The predicted octanol–water partition coefficient (Wildman–Crippen LogP) is 8.81. The second kappa shape index (κ2) is 12.2. The van der Waals surface area contributed by atoms with Crippen LogP contribution >= 0.6 is 11.3 Å². The number of allylic oxidation sites excluding steroid dienone is 1. The van der Waals surface area contributed by atoms with Crippen molar-refractivity contribution in [2.45, 2.75) is 99.0 Å². The molecule has 0 bridgehead atoms. The van der Waals surface area contributed by atoms with Crippen molar-refractivity contribution in [3.05, 3.63) is 99.8 Å². The van der Waals surface area contributed by atoms with Crippen molar-refractivity contribution in [1.29, 1.82) is 5.26 Å². The molecule has 0 aliphatic carbocycles. The number of aromatic nitrogens is 5. The largest absolute Gasteiger partial charge is 0.262 e. The number of hydrogen-bond donors (Lipinski definition) is 1. The van der Waals surface area contributed by atoms with Gasteiger partial charge in [0.1, 0.15) is 11.9 Å². The predicted molar refractivity (Wildman–Crippen MR) is 196 cm³/mol. The zero-order chi connectivity index (χ0) is 34.6. The van der Waals surface area contributed by atoms with E-state index >= 15 is 0 Å². The Hall–Kier alpha value is -4.39. The SMILES string of the molecule is CC1=C(c2ccccc2)C(C(C)(C)C)NN1c1nc(CCC(C)(C)c2cnn3cc(C#N)ccc23)sc1-c1cc(C(C)(C)C)nc(C)n1. The number of benzene rings is 1. The van der Waals surface area contributed by atoms with E-state index in [9.17, 15) is 5.26 Å². The van der Waals surface area contributed by atoms with Crippen molar-refractivity contribution >= 4 is 28.2 Å². The van der Waals surface area contributed by atoms with Crippen LogP contribution in [0.2, 0.25) is 0 Å². The van der Waals surface area contributed by atoms with Gasteiger partial charge in [-0.2, -0.15) is 10.4 Å². The Bertz CT molecular complexity index is 2050. The van der Waals surface area contributed by atoms with Gasteiger partial charge >= 0.3 is 0 Å². The van der Waals surface area contributed by atoms with Crippen LogP contribution < -0.4 is 10.4 Å². The summed E-state index contributed by atoms with van der Waals surface area (Å²) in [5, 5.41) is 17.2. The third-order valence-corrected chi connectivity index (χ3v) is 10.4. The van der Waals surface area contributed by atoms with E-state index in [1.54, 1.807) is 17.5 Å². The number of fused-ring (bicyclic) bond motifs is 1. The molecular formula is C39H46N8S. The van der Waals surface area contributed by atoms with Gasteiger partial charge in [-0.1, -0.05) is 85.7 Å². The maximum Gasteiger partial charge on any atom is 0.168 e. The first-order valence-corrected chi connectivity index (χ1v) is 17.5. The van der Waals surface area contributed by atoms with Gasteiger partial charge in [0.15, 0.2) is 5.82 Å². The molecule has 8 nitrogen and oxygen atoms in total. The van der Waals surface area contributed by atoms with Crippen molar-refractivity contribution in [3.63, 3.8) is 0 Å². The first-order chi connectivity index (χ1) is 22.6. The van der Waals surface area contributed by atoms with Gasteiger partial charge < -0.3 is 0 Å². The zero-order valence-corrected chi connectivity index (χ0v) is 30.6. The highest BCUT2D eigenvalue weighted by molar-refractivity contribution is 7.15. The topological polar surface area (TPSA) is 95.0 Å². The van der Waals surface area contributed by atoms with Crippen molar-refractivity contribution in [2.75, 3.05) is 5.01 Å². The van der Waals surface area contributed by atoms with Gasteiger partial charge in [-0.15, -0.1) is 11.3 Å². The standard InChI is InChI=1S/C39H46N8S/c1-24-33(27-14-12-11-13-15-27)35(38(6,7)8)45-47(24)36-34(29-20-31(37(3,4)5)43-25(2)42-29)48-32(44-36)18-19-39(9,10)28-22-41-46-23-26(21-40)16-17-30(28)46/h11-17,20,22-23,35,45H,18-19H2,1-10H3. The number of hydrogen-bond acceptors (Lipinski definition) is 8. The van der Waals surface area contributed by atoms with Crippen molar-refractivity contribution < 1.29 is 0 Å². The molecule has 1 aliphatic rings. The molecule has 0 amide bonds. The van der Waals surface area contributed by atoms with E-state index in [4.69, 9.17) is 15.0 Å². The van der Waals surface area contributed by atoms with Gasteiger partial charge in [0.25, 0.3) is 0 Å². The maximum absolute atomic E-state index is 9.36. The summed E-state index contributed by atoms with van der Waals surface area (Å²) in [5.74, 6) is 1.63. The molecule has 1 aliphatic heterocycles.